The lowest BCUT2D eigenvalue weighted by Gasteiger charge is -2.36. The molecule has 1 unspecified atom stereocenters. The van der Waals surface area contributed by atoms with Gasteiger partial charge in [-0.05, 0) is 58.7 Å². The first-order chi connectivity index (χ1) is 8.45. The molecule has 0 amide bonds. The summed E-state index contributed by atoms with van der Waals surface area (Å²) in [5, 5.41) is 8.79. The molecular formula is C16H24N2. The lowest BCUT2D eigenvalue weighted by atomic mass is 10.0. The molecule has 98 valence electrons. The highest BCUT2D eigenvalue weighted by Crippen LogP contribution is 2.15. The van der Waals surface area contributed by atoms with Crippen molar-refractivity contribution in [2.45, 2.75) is 59.2 Å². The van der Waals surface area contributed by atoms with Gasteiger partial charge in [-0.15, -0.1) is 0 Å². The smallest absolute Gasteiger partial charge is 0.0991 e. The minimum Gasteiger partial charge on any atom is -0.296 e. The molecule has 2 nitrogen and oxygen atoms in total. The van der Waals surface area contributed by atoms with E-state index >= 15 is 0 Å². The fraction of sp³-hybridized carbons (Fsp3) is 0.562. The first-order valence-electron chi connectivity index (χ1n) is 6.72. The van der Waals surface area contributed by atoms with Crippen molar-refractivity contribution >= 4 is 0 Å². The standard InChI is InChI=1S/C16H24N2/c1-12(2)18(13(3)4)14(5)10-15-6-8-16(11-17)9-7-15/h6-9,12-14H,10H2,1-5H3. The van der Waals surface area contributed by atoms with E-state index in [2.05, 4.69) is 57.7 Å². The summed E-state index contributed by atoms with van der Waals surface area (Å²) in [6.45, 7) is 11.3. The summed E-state index contributed by atoms with van der Waals surface area (Å²) >= 11 is 0. The molecule has 0 bridgehead atoms. The first-order valence-corrected chi connectivity index (χ1v) is 6.72. The quantitative estimate of drug-likeness (QED) is 0.791. The predicted molar refractivity (Wildman–Crippen MR) is 76.4 cm³/mol. The highest BCUT2D eigenvalue weighted by atomic mass is 15.2. The van der Waals surface area contributed by atoms with E-state index in [1.54, 1.807) is 0 Å². The van der Waals surface area contributed by atoms with Crippen LogP contribution in [-0.2, 0) is 6.42 Å². The minimum absolute atomic E-state index is 0.512. The molecule has 0 aliphatic rings. The predicted octanol–water partition coefficient (Wildman–Crippen LogP) is 3.61. The van der Waals surface area contributed by atoms with Crippen molar-refractivity contribution in [2.75, 3.05) is 0 Å². The Morgan fingerprint density at radius 3 is 1.89 bits per heavy atom. The van der Waals surface area contributed by atoms with Crippen molar-refractivity contribution in [3.05, 3.63) is 35.4 Å². The summed E-state index contributed by atoms with van der Waals surface area (Å²) in [6, 6.07) is 11.7. The van der Waals surface area contributed by atoms with Gasteiger partial charge in [-0.2, -0.15) is 5.26 Å². The lowest BCUT2D eigenvalue weighted by Crippen LogP contribution is -2.44. The third-order valence-corrected chi connectivity index (χ3v) is 3.32. The molecule has 0 saturated heterocycles. The number of hydrogen-bond donors (Lipinski definition) is 0. The van der Waals surface area contributed by atoms with Crippen molar-refractivity contribution in [2.24, 2.45) is 0 Å². The maximum Gasteiger partial charge on any atom is 0.0991 e. The van der Waals surface area contributed by atoms with Crippen LogP contribution in [0.3, 0.4) is 0 Å². The van der Waals surface area contributed by atoms with Crippen molar-refractivity contribution in [1.82, 2.24) is 4.90 Å². The lowest BCUT2D eigenvalue weighted by molar-refractivity contribution is 0.122. The summed E-state index contributed by atoms with van der Waals surface area (Å²) in [5.41, 5.74) is 2.03. The second-order valence-corrected chi connectivity index (χ2v) is 5.50. The van der Waals surface area contributed by atoms with Gasteiger partial charge in [0, 0.05) is 18.1 Å². The van der Waals surface area contributed by atoms with E-state index in [-0.39, 0.29) is 0 Å². The molecule has 0 aliphatic carbocycles. The maximum absolute atomic E-state index is 8.79. The molecule has 0 aromatic heterocycles. The molecule has 0 heterocycles. The Labute approximate surface area is 111 Å². The van der Waals surface area contributed by atoms with Crippen LogP contribution in [-0.4, -0.2) is 23.0 Å². The van der Waals surface area contributed by atoms with E-state index in [1.807, 2.05) is 12.1 Å². The number of rotatable bonds is 5. The Morgan fingerprint density at radius 2 is 1.50 bits per heavy atom. The van der Waals surface area contributed by atoms with E-state index in [0.29, 0.717) is 18.1 Å². The Balaban J connectivity index is 2.73. The molecule has 0 saturated carbocycles. The fourth-order valence-corrected chi connectivity index (χ4v) is 2.78. The van der Waals surface area contributed by atoms with Gasteiger partial charge in [-0.25, -0.2) is 0 Å². The van der Waals surface area contributed by atoms with E-state index in [9.17, 15) is 0 Å². The molecule has 0 fully saturated rings. The van der Waals surface area contributed by atoms with Gasteiger partial charge in [0.25, 0.3) is 0 Å². The third-order valence-electron chi connectivity index (χ3n) is 3.32. The van der Waals surface area contributed by atoms with Crippen molar-refractivity contribution in [3.8, 4) is 6.07 Å². The molecule has 0 radical (unpaired) electrons. The van der Waals surface area contributed by atoms with E-state index in [0.717, 1.165) is 12.0 Å². The van der Waals surface area contributed by atoms with Crippen LogP contribution in [0, 0.1) is 11.3 Å². The monoisotopic (exact) mass is 244 g/mol. The molecule has 1 atom stereocenters. The van der Waals surface area contributed by atoms with Gasteiger partial charge in [-0.1, -0.05) is 12.1 Å². The average Bonchev–Trinajstić information content (AvgIpc) is 2.28. The molecule has 0 aliphatic heterocycles. The van der Waals surface area contributed by atoms with Gasteiger partial charge >= 0.3 is 0 Å². The van der Waals surface area contributed by atoms with Crippen molar-refractivity contribution in [3.63, 3.8) is 0 Å². The van der Waals surface area contributed by atoms with E-state index in [1.165, 1.54) is 5.56 Å². The second kappa shape index (κ2) is 6.56. The highest BCUT2D eigenvalue weighted by Gasteiger charge is 2.20. The summed E-state index contributed by atoms with van der Waals surface area (Å²) < 4.78 is 0. The van der Waals surface area contributed by atoms with Crippen LogP contribution < -0.4 is 0 Å². The van der Waals surface area contributed by atoms with Gasteiger partial charge in [0.15, 0.2) is 0 Å². The Kier molecular flexibility index (Phi) is 5.37. The zero-order valence-electron chi connectivity index (χ0n) is 12.1. The van der Waals surface area contributed by atoms with Crippen LogP contribution in [0.15, 0.2) is 24.3 Å². The SMILES string of the molecule is CC(C)N(C(C)C)C(C)Cc1ccc(C#N)cc1. The van der Waals surface area contributed by atoms with Crippen LogP contribution in [0.5, 0.6) is 0 Å². The molecule has 18 heavy (non-hydrogen) atoms. The molecular weight excluding hydrogens is 220 g/mol. The fourth-order valence-electron chi connectivity index (χ4n) is 2.78. The molecule has 1 rings (SSSR count). The molecule has 2 heteroatoms. The number of nitrogens with zero attached hydrogens (tertiary/aromatic N) is 2. The van der Waals surface area contributed by atoms with Gasteiger partial charge in [-0.3, -0.25) is 4.90 Å². The van der Waals surface area contributed by atoms with Crippen molar-refractivity contribution in [1.29, 1.82) is 5.26 Å². The number of hydrogen-bond acceptors (Lipinski definition) is 2. The van der Waals surface area contributed by atoms with Gasteiger partial charge in [0.05, 0.1) is 11.6 Å². The topological polar surface area (TPSA) is 27.0 Å². The van der Waals surface area contributed by atoms with Crippen molar-refractivity contribution < 1.29 is 0 Å². The second-order valence-electron chi connectivity index (χ2n) is 5.50. The third kappa shape index (κ3) is 3.85. The van der Waals surface area contributed by atoms with Gasteiger partial charge in [0.1, 0.15) is 0 Å². The molecule has 1 aromatic carbocycles. The van der Waals surface area contributed by atoms with E-state index < -0.39 is 0 Å². The summed E-state index contributed by atoms with van der Waals surface area (Å²) in [4.78, 5) is 2.53. The Morgan fingerprint density at radius 1 is 1.00 bits per heavy atom. The molecule has 0 spiro atoms. The summed E-state index contributed by atoms with van der Waals surface area (Å²) in [7, 11) is 0. The zero-order valence-corrected chi connectivity index (χ0v) is 12.1. The number of nitriles is 1. The van der Waals surface area contributed by atoms with Gasteiger partial charge in [0.2, 0.25) is 0 Å². The average molecular weight is 244 g/mol. The summed E-state index contributed by atoms with van der Waals surface area (Å²) in [5.74, 6) is 0. The van der Waals surface area contributed by atoms with E-state index in [4.69, 9.17) is 5.26 Å². The Bertz CT molecular complexity index is 390. The van der Waals surface area contributed by atoms with Crippen LogP contribution in [0.2, 0.25) is 0 Å². The minimum atomic E-state index is 0.512. The number of benzene rings is 1. The Hall–Kier alpha value is -1.33. The molecule has 1 aromatic rings. The summed E-state index contributed by atoms with van der Waals surface area (Å²) in [6.07, 6.45) is 1.03. The van der Waals surface area contributed by atoms with Crippen LogP contribution >= 0.6 is 0 Å². The maximum atomic E-state index is 8.79. The van der Waals surface area contributed by atoms with Crippen LogP contribution in [0.1, 0.15) is 45.7 Å². The van der Waals surface area contributed by atoms with Gasteiger partial charge < -0.3 is 0 Å². The van der Waals surface area contributed by atoms with Crippen LogP contribution in [0.4, 0.5) is 0 Å². The molecule has 0 N–H and O–H groups in total. The largest absolute Gasteiger partial charge is 0.296 e. The normalized spacial score (nSPS) is 13.1. The zero-order chi connectivity index (χ0) is 13.7. The first kappa shape index (κ1) is 14.7. The highest BCUT2D eigenvalue weighted by molar-refractivity contribution is 5.31. The van der Waals surface area contributed by atoms with Crippen LogP contribution in [0.25, 0.3) is 0 Å².